The van der Waals surface area contributed by atoms with Crippen molar-refractivity contribution in [3.63, 3.8) is 0 Å². The van der Waals surface area contributed by atoms with Crippen molar-refractivity contribution in [2.75, 3.05) is 38.7 Å². The Morgan fingerprint density at radius 1 is 1.11 bits per heavy atom. The molecule has 13 heteroatoms. The molecule has 3 aromatic rings. The number of anilines is 1. The van der Waals surface area contributed by atoms with Crippen LogP contribution in [0.15, 0.2) is 48.7 Å². The summed E-state index contributed by atoms with van der Waals surface area (Å²) >= 11 is 6.04. The number of carbonyl (C=O) groups excluding carboxylic acids is 3. The number of pyridine rings is 1. The van der Waals surface area contributed by atoms with E-state index in [0.29, 0.717) is 29.2 Å². The monoisotopic (exact) mass is 633 g/mol. The molecule has 1 aromatic heterocycles. The fraction of sp³-hybridized carbons (Fsp3) is 0.419. The lowest BCUT2D eigenvalue weighted by molar-refractivity contribution is -0.132. The van der Waals surface area contributed by atoms with Crippen LogP contribution >= 0.6 is 11.6 Å². The summed E-state index contributed by atoms with van der Waals surface area (Å²) in [6.07, 6.45) is 1.78. The average molecular weight is 634 g/mol. The maximum atomic E-state index is 13.8. The van der Waals surface area contributed by atoms with E-state index in [9.17, 15) is 28.3 Å². The largest absolute Gasteiger partial charge is 0.447 e. The Kier molecular flexibility index (Phi) is 12.7. The number of aliphatic hydroxyl groups excluding tert-OH is 1. The molecule has 0 saturated carbocycles. The quantitative estimate of drug-likeness (QED) is 0.179. The number of aryl methyl sites for hydroxylation is 1. The van der Waals surface area contributed by atoms with Crippen molar-refractivity contribution in [1.29, 1.82) is 0 Å². The number of amides is 4. The van der Waals surface area contributed by atoms with Crippen LogP contribution in [0.1, 0.15) is 38.7 Å². The molecule has 0 saturated heterocycles. The van der Waals surface area contributed by atoms with E-state index in [4.69, 9.17) is 16.3 Å². The molecular formula is C31H38ClF2N5O5. The van der Waals surface area contributed by atoms with Crippen LogP contribution < -0.4 is 16.0 Å². The fourth-order valence-corrected chi connectivity index (χ4v) is 4.44. The van der Waals surface area contributed by atoms with Crippen LogP contribution in [0.25, 0.3) is 10.8 Å². The first-order valence-corrected chi connectivity index (χ1v) is 14.6. The molecule has 44 heavy (non-hydrogen) atoms. The highest BCUT2D eigenvalue weighted by molar-refractivity contribution is 6.31. The molecule has 2 aromatic carbocycles. The van der Waals surface area contributed by atoms with E-state index in [2.05, 4.69) is 20.9 Å². The van der Waals surface area contributed by atoms with Crippen molar-refractivity contribution >= 4 is 46.2 Å². The van der Waals surface area contributed by atoms with Crippen molar-refractivity contribution in [3.8, 4) is 0 Å². The Labute approximate surface area is 260 Å². The highest BCUT2D eigenvalue weighted by Crippen LogP contribution is 2.22. The second kappa shape index (κ2) is 16.2. The van der Waals surface area contributed by atoms with E-state index in [-0.39, 0.29) is 55.9 Å². The number of halogens is 3. The second-order valence-electron chi connectivity index (χ2n) is 11.2. The number of fused-ring (bicyclic) bond motifs is 1. The predicted molar refractivity (Wildman–Crippen MR) is 164 cm³/mol. The summed E-state index contributed by atoms with van der Waals surface area (Å²) in [5.41, 5.74) is 0.0421. The molecule has 0 fully saturated rings. The Bertz CT molecular complexity index is 1460. The number of rotatable bonds is 14. The molecule has 0 bridgehead atoms. The van der Waals surface area contributed by atoms with Crippen molar-refractivity contribution in [2.24, 2.45) is 5.41 Å². The lowest BCUT2D eigenvalue weighted by atomic mass is 9.95. The number of benzene rings is 2. The van der Waals surface area contributed by atoms with Gasteiger partial charge in [-0.3, -0.25) is 10.1 Å². The third-order valence-corrected chi connectivity index (χ3v) is 7.48. The average Bonchev–Trinajstić information content (AvgIpc) is 2.99. The minimum absolute atomic E-state index is 0.0312. The van der Waals surface area contributed by atoms with Gasteiger partial charge in [0.15, 0.2) is 0 Å². The number of urea groups is 1. The van der Waals surface area contributed by atoms with E-state index in [0.717, 1.165) is 0 Å². The van der Waals surface area contributed by atoms with Gasteiger partial charge in [0, 0.05) is 50.2 Å². The van der Waals surface area contributed by atoms with Crippen molar-refractivity contribution in [3.05, 3.63) is 70.9 Å². The van der Waals surface area contributed by atoms with Gasteiger partial charge in [-0.15, -0.1) is 0 Å². The number of likely N-dealkylation sites (N-methyl/N-ethyl adjacent to an activating group) is 1. The molecule has 0 aliphatic carbocycles. The molecule has 0 unspecified atom stereocenters. The van der Waals surface area contributed by atoms with Crippen molar-refractivity contribution in [1.82, 2.24) is 20.5 Å². The van der Waals surface area contributed by atoms with Crippen LogP contribution in [0, 0.1) is 17.0 Å². The van der Waals surface area contributed by atoms with Gasteiger partial charge in [0.25, 0.3) is 0 Å². The van der Waals surface area contributed by atoms with Gasteiger partial charge in [-0.05, 0) is 60.5 Å². The molecule has 1 atom stereocenters. The lowest BCUT2D eigenvalue weighted by Gasteiger charge is -2.28. The van der Waals surface area contributed by atoms with Gasteiger partial charge in [0.1, 0.15) is 24.1 Å². The molecule has 4 amide bonds. The summed E-state index contributed by atoms with van der Waals surface area (Å²) < 4.78 is 32.9. The molecule has 3 rings (SSSR count). The summed E-state index contributed by atoms with van der Waals surface area (Å²) in [7, 11) is 1.58. The van der Waals surface area contributed by atoms with Crippen LogP contribution in [-0.2, 0) is 16.0 Å². The maximum absolute atomic E-state index is 13.8. The molecule has 10 nitrogen and oxygen atoms in total. The molecule has 1 heterocycles. The van der Waals surface area contributed by atoms with Gasteiger partial charge in [0.05, 0.1) is 11.1 Å². The second-order valence-corrected chi connectivity index (χ2v) is 11.6. The van der Waals surface area contributed by atoms with E-state index in [1.165, 1.54) is 41.4 Å². The predicted octanol–water partition coefficient (Wildman–Crippen LogP) is 5.27. The number of aromatic nitrogens is 1. The SMILES string of the molecule is CN(C(=O)CCc1cccc(F)c1Cl)[C@@H](CCCNC(=O)NCC(C)(C)CO)COC(=O)Nc1cc2cc(F)ccc2cn1. The van der Waals surface area contributed by atoms with Crippen LogP contribution in [0.2, 0.25) is 5.02 Å². The van der Waals surface area contributed by atoms with Crippen LogP contribution in [-0.4, -0.2) is 72.4 Å². The lowest BCUT2D eigenvalue weighted by Crippen LogP contribution is -2.43. The third kappa shape index (κ3) is 10.6. The van der Waals surface area contributed by atoms with Gasteiger partial charge >= 0.3 is 12.1 Å². The Hall–Kier alpha value is -4.03. The smallest absolute Gasteiger partial charge is 0.412 e. The van der Waals surface area contributed by atoms with Crippen LogP contribution in [0.4, 0.5) is 24.2 Å². The highest BCUT2D eigenvalue weighted by atomic mass is 35.5. The first-order chi connectivity index (χ1) is 20.9. The van der Waals surface area contributed by atoms with Crippen molar-refractivity contribution in [2.45, 2.75) is 45.6 Å². The van der Waals surface area contributed by atoms with E-state index in [1.54, 1.807) is 19.2 Å². The Balaban J connectivity index is 1.59. The summed E-state index contributed by atoms with van der Waals surface area (Å²) in [6.45, 7) is 3.97. The summed E-state index contributed by atoms with van der Waals surface area (Å²) in [6, 6.07) is 9.21. The molecule has 0 radical (unpaired) electrons. The first-order valence-electron chi connectivity index (χ1n) is 14.2. The minimum Gasteiger partial charge on any atom is -0.447 e. The summed E-state index contributed by atoms with van der Waals surface area (Å²) in [5.74, 6) is -1.09. The molecule has 4 N–H and O–H groups in total. The number of hydrogen-bond acceptors (Lipinski definition) is 6. The number of aliphatic hydroxyl groups is 1. The third-order valence-electron chi connectivity index (χ3n) is 7.06. The highest BCUT2D eigenvalue weighted by Gasteiger charge is 2.23. The fourth-order valence-electron chi connectivity index (χ4n) is 4.22. The standard InChI is InChI=1S/C31H38ClF2N5O5/c1-31(2,19-40)18-37-29(42)35-13-5-7-24(39(3)27(41)12-10-20-6-4-8-25(34)28(20)32)17-44-30(43)38-26-15-22-14-23(33)11-9-21(22)16-36-26/h4,6,8-9,11,14-16,24,40H,5,7,10,12-13,17-19H2,1-3H3,(H2,35,37,42)(H,36,38,43)/t24-/m0/s1. The van der Waals surface area contributed by atoms with Crippen LogP contribution in [0.5, 0.6) is 0 Å². The molecule has 0 spiro atoms. The molecule has 0 aliphatic rings. The molecule has 0 aliphatic heterocycles. The number of ether oxygens (including phenoxy) is 1. The van der Waals surface area contributed by atoms with Gasteiger partial charge in [-0.1, -0.05) is 37.6 Å². The van der Waals surface area contributed by atoms with E-state index < -0.39 is 35.2 Å². The van der Waals surface area contributed by atoms with Crippen molar-refractivity contribution < 1.29 is 33.0 Å². The number of hydrogen-bond donors (Lipinski definition) is 4. The minimum atomic E-state index is -0.811. The van der Waals surface area contributed by atoms with E-state index >= 15 is 0 Å². The van der Waals surface area contributed by atoms with Crippen LogP contribution in [0.3, 0.4) is 0 Å². The number of nitrogens with one attached hydrogen (secondary N) is 3. The Morgan fingerprint density at radius 2 is 1.89 bits per heavy atom. The topological polar surface area (TPSA) is 133 Å². The first kappa shape index (κ1) is 34.5. The zero-order valence-corrected chi connectivity index (χ0v) is 25.7. The summed E-state index contributed by atoms with van der Waals surface area (Å²) in [5, 5.41) is 18.5. The van der Waals surface area contributed by atoms with E-state index in [1.807, 2.05) is 13.8 Å². The van der Waals surface area contributed by atoms with Gasteiger partial charge < -0.3 is 25.4 Å². The van der Waals surface area contributed by atoms with Gasteiger partial charge in [0.2, 0.25) is 5.91 Å². The maximum Gasteiger partial charge on any atom is 0.412 e. The Morgan fingerprint density at radius 3 is 2.64 bits per heavy atom. The summed E-state index contributed by atoms with van der Waals surface area (Å²) in [4.78, 5) is 43.4. The molecular weight excluding hydrogens is 596 g/mol. The normalized spacial score (nSPS) is 12.0. The van der Waals surface area contributed by atoms with Gasteiger partial charge in [-0.2, -0.15) is 0 Å². The zero-order valence-electron chi connectivity index (χ0n) is 25.0. The van der Waals surface area contributed by atoms with Gasteiger partial charge in [-0.25, -0.2) is 23.4 Å². The number of nitrogens with zero attached hydrogens (tertiary/aromatic N) is 2. The number of carbonyl (C=O) groups is 3. The molecule has 238 valence electrons. The zero-order chi connectivity index (χ0) is 32.3.